The van der Waals surface area contributed by atoms with Crippen LogP contribution in [0, 0.1) is 5.82 Å². The van der Waals surface area contributed by atoms with Gasteiger partial charge in [-0.2, -0.15) is 0 Å². The summed E-state index contributed by atoms with van der Waals surface area (Å²) in [6.07, 6.45) is 0. The summed E-state index contributed by atoms with van der Waals surface area (Å²) in [7, 11) is 0. The Morgan fingerprint density at radius 1 is 0.968 bits per heavy atom. The summed E-state index contributed by atoms with van der Waals surface area (Å²) in [5.74, 6) is -1.13. The summed E-state index contributed by atoms with van der Waals surface area (Å²) in [5.41, 5.74) is 1.41. The molecule has 0 aromatic heterocycles. The summed E-state index contributed by atoms with van der Waals surface area (Å²) >= 11 is 5.99. The zero-order valence-corrected chi connectivity index (χ0v) is 17.3. The lowest BCUT2D eigenvalue weighted by atomic mass is 10.0. The highest BCUT2D eigenvalue weighted by Gasteiger charge is 2.41. The van der Waals surface area contributed by atoms with Gasteiger partial charge in [-0.05, 0) is 55.0 Å². The molecule has 1 aliphatic heterocycles. The van der Waals surface area contributed by atoms with E-state index < -0.39 is 17.6 Å². The number of carbonyl (C=O) groups excluding carboxylic acids is 2. The van der Waals surface area contributed by atoms with E-state index in [0.717, 1.165) is 4.90 Å². The molecule has 0 spiro atoms. The molecule has 1 aliphatic rings. The molecule has 5 nitrogen and oxygen atoms in total. The van der Waals surface area contributed by atoms with Gasteiger partial charge in [-0.25, -0.2) is 9.29 Å². The number of nitrogens with zero attached hydrogens (tertiary/aromatic N) is 1. The smallest absolute Gasteiger partial charge is 0.282 e. The third-order valence-corrected chi connectivity index (χ3v) is 4.97. The van der Waals surface area contributed by atoms with Gasteiger partial charge in [0.2, 0.25) is 0 Å². The first-order chi connectivity index (χ1) is 15.0. The number of hydrogen-bond donors (Lipinski definition) is 1. The number of halogens is 2. The van der Waals surface area contributed by atoms with Gasteiger partial charge < -0.3 is 10.1 Å². The molecule has 3 aromatic rings. The number of benzene rings is 3. The molecule has 1 N–H and O–H groups in total. The molecule has 31 heavy (non-hydrogen) atoms. The van der Waals surface area contributed by atoms with Crippen LogP contribution in [-0.4, -0.2) is 18.4 Å². The lowest BCUT2D eigenvalue weighted by molar-refractivity contribution is -0.120. The van der Waals surface area contributed by atoms with E-state index in [1.54, 1.807) is 54.6 Å². The molecule has 0 aliphatic carbocycles. The molecule has 7 heteroatoms. The van der Waals surface area contributed by atoms with Gasteiger partial charge in [0.25, 0.3) is 11.8 Å². The lowest BCUT2D eigenvalue weighted by Gasteiger charge is -2.19. The topological polar surface area (TPSA) is 58.6 Å². The molecule has 0 unspecified atom stereocenters. The Hall–Kier alpha value is -3.64. The minimum atomic E-state index is -0.564. The fourth-order valence-electron chi connectivity index (χ4n) is 3.38. The van der Waals surface area contributed by atoms with Gasteiger partial charge in [0.05, 0.1) is 17.9 Å². The summed E-state index contributed by atoms with van der Waals surface area (Å²) in [6.45, 7) is 2.19. The lowest BCUT2D eigenvalue weighted by Crippen LogP contribution is -2.32. The number of hydrogen-bond acceptors (Lipinski definition) is 4. The van der Waals surface area contributed by atoms with Crippen LogP contribution in [0.4, 0.5) is 15.8 Å². The van der Waals surface area contributed by atoms with Crippen LogP contribution in [0.2, 0.25) is 5.02 Å². The molecule has 0 saturated carbocycles. The van der Waals surface area contributed by atoms with Crippen LogP contribution in [0.5, 0.6) is 5.75 Å². The molecule has 1 heterocycles. The summed E-state index contributed by atoms with van der Waals surface area (Å²) < 4.78 is 19.3. The van der Waals surface area contributed by atoms with Gasteiger partial charge >= 0.3 is 0 Å². The Morgan fingerprint density at radius 3 is 2.42 bits per heavy atom. The second-order valence-corrected chi connectivity index (χ2v) is 7.18. The van der Waals surface area contributed by atoms with Gasteiger partial charge in [0.15, 0.2) is 0 Å². The fourth-order valence-corrected chi connectivity index (χ4v) is 3.50. The standard InChI is InChI=1S/C24H18ClFN2O3/c1-2-31-20-9-4-3-8-19(20)28-23(29)21(15-10-12-16(25)13-11-15)22(24(28)30)27-18-7-5-6-17(26)14-18/h3-14,27H,2H2,1H3. The Kier molecular flexibility index (Phi) is 5.73. The zero-order valence-electron chi connectivity index (χ0n) is 16.6. The maximum Gasteiger partial charge on any atom is 0.282 e. The molecule has 0 bridgehead atoms. The minimum Gasteiger partial charge on any atom is -0.492 e. The molecular weight excluding hydrogens is 419 g/mol. The second kappa shape index (κ2) is 8.62. The van der Waals surface area contributed by atoms with Crippen molar-refractivity contribution in [2.75, 3.05) is 16.8 Å². The Morgan fingerprint density at radius 2 is 1.71 bits per heavy atom. The molecule has 0 radical (unpaired) electrons. The van der Waals surface area contributed by atoms with Crippen LogP contribution in [-0.2, 0) is 9.59 Å². The molecule has 0 saturated heterocycles. The van der Waals surface area contributed by atoms with Crippen LogP contribution < -0.4 is 15.0 Å². The third-order valence-electron chi connectivity index (χ3n) is 4.72. The molecule has 4 rings (SSSR count). The Labute approximate surface area is 183 Å². The number of amides is 2. The van der Waals surface area contributed by atoms with E-state index in [1.165, 1.54) is 18.2 Å². The Balaban J connectivity index is 1.83. The van der Waals surface area contributed by atoms with Crippen LogP contribution >= 0.6 is 11.6 Å². The number of imide groups is 1. The number of anilines is 2. The number of carbonyl (C=O) groups is 2. The summed E-state index contributed by atoms with van der Waals surface area (Å²) in [6, 6.07) is 19.1. The maximum absolute atomic E-state index is 13.7. The minimum absolute atomic E-state index is 0.0456. The van der Waals surface area contributed by atoms with Crippen molar-refractivity contribution >= 4 is 40.4 Å². The summed E-state index contributed by atoms with van der Waals surface area (Å²) in [4.78, 5) is 28.0. The first-order valence-corrected chi connectivity index (χ1v) is 10.0. The number of para-hydroxylation sites is 2. The van der Waals surface area contributed by atoms with E-state index in [4.69, 9.17) is 16.3 Å². The first kappa shape index (κ1) is 20.6. The van der Waals surface area contributed by atoms with Crippen LogP contribution in [0.3, 0.4) is 0 Å². The largest absolute Gasteiger partial charge is 0.492 e. The Bertz CT molecular complexity index is 1190. The number of rotatable bonds is 6. The van der Waals surface area contributed by atoms with E-state index in [2.05, 4.69) is 5.32 Å². The van der Waals surface area contributed by atoms with Crippen molar-refractivity contribution in [1.29, 1.82) is 0 Å². The molecule has 2 amide bonds. The number of nitrogens with one attached hydrogen (secondary N) is 1. The summed E-state index contributed by atoms with van der Waals surface area (Å²) in [5, 5.41) is 3.43. The molecule has 3 aromatic carbocycles. The first-order valence-electron chi connectivity index (χ1n) is 9.63. The highest BCUT2D eigenvalue weighted by molar-refractivity contribution is 6.46. The molecular formula is C24H18ClFN2O3. The molecule has 0 atom stereocenters. The fraction of sp³-hybridized carbons (Fsp3) is 0.0833. The van der Waals surface area contributed by atoms with E-state index in [-0.39, 0.29) is 11.3 Å². The van der Waals surface area contributed by atoms with Crippen molar-refractivity contribution in [3.05, 3.63) is 94.9 Å². The van der Waals surface area contributed by atoms with Gasteiger partial charge in [0, 0.05) is 10.7 Å². The van der Waals surface area contributed by atoms with Crippen molar-refractivity contribution in [1.82, 2.24) is 0 Å². The molecule has 156 valence electrons. The van der Waals surface area contributed by atoms with Gasteiger partial charge in [-0.3, -0.25) is 9.59 Å². The monoisotopic (exact) mass is 436 g/mol. The van der Waals surface area contributed by atoms with Gasteiger partial charge in [-0.15, -0.1) is 0 Å². The number of ether oxygens (including phenoxy) is 1. The highest BCUT2D eigenvalue weighted by Crippen LogP contribution is 2.38. The van der Waals surface area contributed by atoms with Gasteiger partial charge in [0.1, 0.15) is 17.3 Å². The van der Waals surface area contributed by atoms with Crippen molar-refractivity contribution in [2.24, 2.45) is 0 Å². The average molecular weight is 437 g/mol. The van der Waals surface area contributed by atoms with Gasteiger partial charge in [-0.1, -0.05) is 41.9 Å². The van der Waals surface area contributed by atoms with Crippen LogP contribution in [0.15, 0.2) is 78.5 Å². The third kappa shape index (κ3) is 4.02. The second-order valence-electron chi connectivity index (χ2n) is 6.74. The van der Waals surface area contributed by atoms with Crippen molar-refractivity contribution in [2.45, 2.75) is 6.92 Å². The quantitative estimate of drug-likeness (QED) is 0.534. The SMILES string of the molecule is CCOc1ccccc1N1C(=O)C(Nc2cccc(F)c2)=C(c2ccc(Cl)cc2)C1=O. The normalized spacial score (nSPS) is 13.7. The zero-order chi connectivity index (χ0) is 22.0. The average Bonchev–Trinajstić information content (AvgIpc) is 2.99. The van der Waals surface area contributed by atoms with E-state index in [1.807, 2.05) is 6.92 Å². The molecule has 0 fully saturated rings. The van der Waals surface area contributed by atoms with E-state index in [0.29, 0.717) is 34.3 Å². The van der Waals surface area contributed by atoms with E-state index in [9.17, 15) is 14.0 Å². The maximum atomic E-state index is 13.7. The van der Waals surface area contributed by atoms with Crippen molar-refractivity contribution in [3.8, 4) is 5.75 Å². The van der Waals surface area contributed by atoms with Crippen LogP contribution in [0.1, 0.15) is 12.5 Å². The van der Waals surface area contributed by atoms with Crippen molar-refractivity contribution < 1.29 is 18.7 Å². The van der Waals surface area contributed by atoms with Crippen LogP contribution in [0.25, 0.3) is 5.57 Å². The van der Waals surface area contributed by atoms with Crippen molar-refractivity contribution in [3.63, 3.8) is 0 Å². The van der Waals surface area contributed by atoms with E-state index >= 15 is 0 Å². The highest BCUT2D eigenvalue weighted by atomic mass is 35.5. The predicted octanol–water partition coefficient (Wildman–Crippen LogP) is 5.27. The predicted molar refractivity (Wildman–Crippen MR) is 118 cm³/mol.